The molecule has 7 nitrogen and oxygen atoms in total. The van der Waals surface area contributed by atoms with Gasteiger partial charge in [-0.3, -0.25) is 9.69 Å². The lowest BCUT2D eigenvalue weighted by molar-refractivity contribution is -0.127. The number of hydrogen-bond donors (Lipinski definition) is 0. The van der Waals surface area contributed by atoms with E-state index in [1.807, 2.05) is 18.2 Å². The zero-order valence-electron chi connectivity index (χ0n) is 14.2. The molecule has 25 heavy (non-hydrogen) atoms. The normalized spacial score (nSPS) is 18.0. The summed E-state index contributed by atoms with van der Waals surface area (Å²) in [5.41, 5.74) is 0.879. The predicted molar refractivity (Wildman–Crippen MR) is 94.3 cm³/mol. The number of nitrogens with zero attached hydrogens (tertiary/aromatic N) is 2. The first-order valence-electron chi connectivity index (χ1n) is 8.17. The first-order chi connectivity index (χ1) is 11.9. The second kappa shape index (κ2) is 7.45. The number of carbonyl (C=O) groups is 1. The number of sulfone groups is 1. The van der Waals surface area contributed by atoms with E-state index < -0.39 is 9.84 Å². The third-order valence-electron chi connectivity index (χ3n) is 4.28. The van der Waals surface area contributed by atoms with E-state index in [4.69, 9.17) is 9.47 Å². The Kier molecular flexibility index (Phi) is 5.29. The van der Waals surface area contributed by atoms with Gasteiger partial charge in [0.15, 0.2) is 11.5 Å². The van der Waals surface area contributed by atoms with Crippen molar-refractivity contribution in [2.45, 2.75) is 0 Å². The van der Waals surface area contributed by atoms with Gasteiger partial charge in [0.1, 0.15) is 9.84 Å². The molecule has 1 aromatic rings. The number of ether oxygens (including phenoxy) is 2. The van der Waals surface area contributed by atoms with Gasteiger partial charge in [0.05, 0.1) is 5.75 Å². The summed E-state index contributed by atoms with van der Waals surface area (Å²) in [4.78, 5) is 16.2. The van der Waals surface area contributed by atoms with Crippen LogP contribution in [-0.4, -0.2) is 75.7 Å². The standard InChI is InChI=1S/C17H22N2O5S/c1-25(21,22)11-10-18-6-8-19(9-7-18)17(20)5-3-14-2-4-15-16(12-14)24-13-23-15/h2-5,12H,6-11,13H2,1H3/b5-3+. The van der Waals surface area contributed by atoms with Crippen molar-refractivity contribution in [1.82, 2.24) is 9.80 Å². The van der Waals surface area contributed by atoms with Gasteiger partial charge in [0.2, 0.25) is 12.7 Å². The maximum atomic E-state index is 12.3. The van der Waals surface area contributed by atoms with Crippen LogP contribution in [0.5, 0.6) is 11.5 Å². The monoisotopic (exact) mass is 366 g/mol. The van der Waals surface area contributed by atoms with E-state index >= 15 is 0 Å². The SMILES string of the molecule is CS(=O)(=O)CCN1CCN(C(=O)/C=C/c2ccc3c(c2)OCO3)CC1. The van der Waals surface area contributed by atoms with E-state index in [0.717, 1.165) is 5.56 Å². The lowest BCUT2D eigenvalue weighted by Gasteiger charge is -2.34. The number of piperazine rings is 1. The van der Waals surface area contributed by atoms with Crippen LogP contribution in [0.25, 0.3) is 6.08 Å². The topological polar surface area (TPSA) is 76.2 Å². The molecule has 0 saturated carbocycles. The van der Waals surface area contributed by atoms with Gasteiger partial charge >= 0.3 is 0 Å². The molecular weight excluding hydrogens is 344 g/mol. The van der Waals surface area contributed by atoms with Crippen molar-refractivity contribution in [2.75, 3.05) is 51.5 Å². The van der Waals surface area contributed by atoms with Gasteiger partial charge in [-0.1, -0.05) is 6.07 Å². The second-order valence-electron chi connectivity index (χ2n) is 6.24. The molecule has 0 radical (unpaired) electrons. The average Bonchev–Trinajstić information content (AvgIpc) is 3.05. The minimum atomic E-state index is -2.95. The average molecular weight is 366 g/mol. The van der Waals surface area contributed by atoms with Gasteiger partial charge in [-0.25, -0.2) is 8.42 Å². The lowest BCUT2D eigenvalue weighted by Crippen LogP contribution is -2.49. The number of benzene rings is 1. The Hall–Kier alpha value is -2.06. The molecule has 0 atom stereocenters. The molecule has 2 heterocycles. The van der Waals surface area contributed by atoms with Gasteiger partial charge in [-0.05, 0) is 23.8 Å². The van der Waals surface area contributed by atoms with Crippen molar-refractivity contribution in [3.63, 3.8) is 0 Å². The molecule has 0 aromatic heterocycles. The van der Waals surface area contributed by atoms with E-state index in [-0.39, 0.29) is 18.5 Å². The quantitative estimate of drug-likeness (QED) is 0.711. The van der Waals surface area contributed by atoms with E-state index in [1.54, 1.807) is 17.1 Å². The van der Waals surface area contributed by atoms with Gasteiger partial charge in [0.25, 0.3) is 0 Å². The summed E-state index contributed by atoms with van der Waals surface area (Å²) < 4.78 is 33.0. The van der Waals surface area contributed by atoms with Gasteiger partial charge in [-0.15, -0.1) is 0 Å². The van der Waals surface area contributed by atoms with E-state index in [2.05, 4.69) is 4.90 Å². The lowest BCUT2D eigenvalue weighted by atomic mass is 10.2. The fraction of sp³-hybridized carbons (Fsp3) is 0.471. The zero-order valence-corrected chi connectivity index (χ0v) is 15.0. The fourth-order valence-electron chi connectivity index (χ4n) is 2.78. The summed E-state index contributed by atoms with van der Waals surface area (Å²) in [6, 6.07) is 5.54. The van der Waals surface area contributed by atoms with Crippen LogP contribution in [0.1, 0.15) is 5.56 Å². The molecule has 1 saturated heterocycles. The largest absolute Gasteiger partial charge is 0.454 e. The number of fused-ring (bicyclic) bond motifs is 1. The number of carbonyl (C=O) groups excluding carboxylic acids is 1. The Morgan fingerprint density at radius 3 is 2.60 bits per heavy atom. The van der Waals surface area contributed by atoms with Crippen molar-refractivity contribution in [2.24, 2.45) is 0 Å². The van der Waals surface area contributed by atoms with E-state index in [0.29, 0.717) is 44.2 Å². The van der Waals surface area contributed by atoms with Gasteiger partial charge < -0.3 is 14.4 Å². The molecule has 0 spiro atoms. The Morgan fingerprint density at radius 1 is 1.16 bits per heavy atom. The number of amides is 1. The Labute approximate surface area is 147 Å². The summed E-state index contributed by atoms with van der Waals surface area (Å²) in [6.45, 7) is 3.35. The first kappa shape index (κ1) is 17.8. The Morgan fingerprint density at radius 2 is 1.88 bits per heavy atom. The van der Waals surface area contributed by atoms with Crippen LogP contribution in [-0.2, 0) is 14.6 Å². The third kappa shape index (κ3) is 4.96. The van der Waals surface area contributed by atoms with Crippen molar-refractivity contribution in [3.05, 3.63) is 29.8 Å². The smallest absolute Gasteiger partial charge is 0.246 e. The molecule has 0 aliphatic carbocycles. The van der Waals surface area contributed by atoms with Crippen LogP contribution in [0.3, 0.4) is 0 Å². The molecule has 136 valence electrons. The van der Waals surface area contributed by atoms with Crippen molar-refractivity contribution in [1.29, 1.82) is 0 Å². The summed E-state index contributed by atoms with van der Waals surface area (Å²) in [6.07, 6.45) is 4.57. The van der Waals surface area contributed by atoms with E-state index in [1.165, 1.54) is 6.26 Å². The minimum absolute atomic E-state index is 0.0413. The summed E-state index contributed by atoms with van der Waals surface area (Å²) in [5, 5.41) is 0. The van der Waals surface area contributed by atoms with Gasteiger partial charge in [-0.2, -0.15) is 0 Å². The molecule has 2 aliphatic heterocycles. The molecule has 0 bridgehead atoms. The molecule has 8 heteroatoms. The molecule has 3 rings (SSSR count). The Bertz CT molecular complexity index is 767. The third-order valence-corrected chi connectivity index (χ3v) is 5.20. The van der Waals surface area contributed by atoms with Crippen LogP contribution in [0.2, 0.25) is 0 Å². The van der Waals surface area contributed by atoms with Crippen LogP contribution >= 0.6 is 0 Å². The zero-order chi connectivity index (χ0) is 17.9. The fourth-order valence-corrected chi connectivity index (χ4v) is 3.37. The highest BCUT2D eigenvalue weighted by molar-refractivity contribution is 7.90. The molecule has 0 unspecified atom stereocenters. The van der Waals surface area contributed by atoms with Crippen molar-refractivity contribution in [3.8, 4) is 11.5 Å². The highest BCUT2D eigenvalue weighted by atomic mass is 32.2. The van der Waals surface area contributed by atoms with Crippen LogP contribution in [0.15, 0.2) is 24.3 Å². The maximum Gasteiger partial charge on any atom is 0.246 e. The summed E-state index contributed by atoms with van der Waals surface area (Å²) in [7, 11) is -2.95. The maximum absolute atomic E-state index is 12.3. The predicted octanol–water partition coefficient (Wildman–Crippen LogP) is 0.617. The molecule has 1 aromatic carbocycles. The minimum Gasteiger partial charge on any atom is -0.454 e. The van der Waals surface area contributed by atoms with E-state index in [9.17, 15) is 13.2 Å². The first-order valence-corrected chi connectivity index (χ1v) is 10.2. The summed E-state index contributed by atoms with van der Waals surface area (Å²) >= 11 is 0. The van der Waals surface area contributed by atoms with Gasteiger partial charge in [0, 0.05) is 45.1 Å². The van der Waals surface area contributed by atoms with Crippen LogP contribution in [0.4, 0.5) is 0 Å². The number of hydrogen-bond acceptors (Lipinski definition) is 6. The summed E-state index contributed by atoms with van der Waals surface area (Å²) in [5.74, 6) is 1.52. The second-order valence-corrected chi connectivity index (χ2v) is 8.50. The van der Waals surface area contributed by atoms with Crippen molar-refractivity contribution >= 4 is 21.8 Å². The molecule has 1 fully saturated rings. The van der Waals surface area contributed by atoms with Crippen LogP contribution < -0.4 is 9.47 Å². The number of rotatable bonds is 5. The molecular formula is C17H22N2O5S. The Balaban J connectivity index is 1.49. The van der Waals surface area contributed by atoms with Crippen LogP contribution in [0, 0.1) is 0 Å². The molecule has 0 N–H and O–H groups in total. The molecule has 1 amide bonds. The molecule has 2 aliphatic rings. The van der Waals surface area contributed by atoms with Crippen molar-refractivity contribution < 1.29 is 22.7 Å². The highest BCUT2D eigenvalue weighted by Crippen LogP contribution is 2.32. The highest BCUT2D eigenvalue weighted by Gasteiger charge is 2.20.